The number of nitrogens with one attached hydrogen (secondary N) is 2. The molecule has 0 aliphatic heterocycles. The molecule has 0 radical (unpaired) electrons. The lowest BCUT2D eigenvalue weighted by Crippen LogP contribution is -2.22. The molecule has 7 aromatic carbocycles. The molecule has 0 fully saturated rings. The van der Waals surface area contributed by atoms with Gasteiger partial charge in [-0.3, -0.25) is 43.2 Å². The summed E-state index contributed by atoms with van der Waals surface area (Å²) in [4.78, 5) is 51.0. The summed E-state index contributed by atoms with van der Waals surface area (Å²) in [5, 5.41) is 37.5. The van der Waals surface area contributed by atoms with Gasteiger partial charge in [-0.15, -0.1) is 5.11 Å². The summed E-state index contributed by atoms with van der Waals surface area (Å²) in [5.41, 5.74) is -3.11. The van der Waals surface area contributed by atoms with Crippen LogP contribution in [0.15, 0.2) is 157 Å². The molecule has 2 heterocycles. The minimum absolute atomic E-state index is 0.0296. The molecule has 0 atom stereocenters. The van der Waals surface area contributed by atoms with Crippen LogP contribution in [-0.4, -0.2) is 73.3 Å². The Labute approximate surface area is 447 Å². The Balaban J connectivity index is 1.16. The molecule has 390 valence electrons. The van der Waals surface area contributed by atoms with E-state index in [1.165, 1.54) is 59.2 Å². The van der Waals surface area contributed by atoms with Crippen LogP contribution >= 0.6 is 34.8 Å². The second-order valence-electron chi connectivity index (χ2n) is 16.2. The SMILES string of the molecule is O=c1c2ccc(Cl)cc2nc(-c2ccccc2)n1-c1ccc(Cc2ccc(N=Nc3c(S(=O)(=O)O)cc4cc(S(=O)(=O)O)cc(S(=O)(=O)O)c4c3Nc3nc(Cl)nc(Nc4ccc(Cl)cc4)n3)cc2[N+](=O)[O-])c([N+](=O)[O-])c1. The van der Waals surface area contributed by atoms with Crippen molar-refractivity contribution in [2.45, 2.75) is 21.1 Å². The van der Waals surface area contributed by atoms with Gasteiger partial charge < -0.3 is 10.6 Å². The Bertz CT molecular complexity index is 4430. The van der Waals surface area contributed by atoms with E-state index in [0.29, 0.717) is 39.5 Å². The standard InChI is InChI=1S/C46H28Cl3N11O14S3/c47-27-8-12-29(13-9-27)50-45-53-44(49)54-46(55-45)52-41-39-26(17-32(75(66,67)68)22-37(39)76(69,70)71)18-38(77(72,73)74)40(41)57-56-30-11-6-24(35(20-30)59(62)63)16-25-7-14-31(21-36(25)60(64)65)58-42(23-4-2-1-3-5-23)51-34-19-28(48)10-15-33(34)43(58)61/h1-15,17-22H,16H2,(H,66,67,68)(H,69,70,71)(H,72,73,74)(H2,50,52,53,54,55). The summed E-state index contributed by atoms with van der Waals surface area (Å²) in [5.74, 6) is -0.774. The van der Waals surface area contributed by atoms with Gasteiger partial charge in [0.2, 0.25) is 17.2 Å². The first kappa shape index (κ1) is 53.4. The first-order valence-corrected chi connectivity index (χ1v) is 26.8. The number of nitro groups is 2. The van der Waals surface area contributed by atoms with Gasteiger partial charge in [-0.2, -0.15) is 45.3 Å². The highest BCUT2D eigenvalue weighted by atomic mass is 35.5. The third kappa shape index (κ3) is 11.4. The van der Waals surface area contributed by atoms with Crippen LogP contribution in [0.1, 0.15) is 11.1 Å². The van der Waals surface area contributed by atoms with Gasteiger partial charge in [0.25, 0.3) is 47.3 Å². The van der Waals surface area contributed by atoms with Crippen molar-refractivity contribution in [2.75, 3.05) is 10.6 Å². The summed E-state index contributed by atoms with van der Waals surface area (Å²) in [7, 11) is -16.4. The number of benzene rings is 7. The molecule has 5 N–H and O–H groups in total. The number of nitrogens with zero attached hydrogens (tertiary/aromatic N) is 9. The summed E-state index contributed by atoms with van der Waals surface area (Å²) in [6.45, 7) is 0. The largest absolute Gasteiger partial charge is 0.324 e. The van der Waals surface area contributed by atoms with E-state index >= 15 is 0 Å². The Morgan fingerprint density at radius 1 is 0.623 bits per heavy atom. The molecule has 9 aromatic rings. The van der Waals surface area contributed by atoms with Gasteiger partial charge in [0.1, 0.15) is 21.3 Å². The maximum Gasteiger partial charge on any atom is 0.296 e. The molecular weight excluding hydrogens is 1130 g/mol. The monoisotopic (exact) mass is 1160 g/mol. The Hall–Kier alpha value is -8.45. The summed E-state index contributed by atoms with van der Waals surface area (Å²) in [6.07, 6.45) is -0.460. The van der Waals surface area contributed by atoms with Gasteiger partial charge in [-0.1, -0.05) is 53.5 Å². The van der Waals surface area contributed by atoms with Crippen LogP contribution in [0.5, 0.6) is 0 Å². The van der Waals surface area contributed by atoms with E-state index in [2.05, 4.69) is 40.8 Å². The average molecular weight is 1160 g/mol. The Morgan fingerprint density at radius 3 is 1.88 bits per heavy atom. The van der Waals surface area contributed by atoms with Crippen LogP contribution < -0.4 is 16.2 Å². The highest BCUT2D eigenvalue weighted by Crippen LogP contribution is 2.45. The van der Waals surface area contributed by atoms with Gasteiger partial charge in [0, 0.05) is 56.4 Å². The minimum Gasteiger partial charge on any atom is -0.324 e. The van der Waals surface area contributed by atoms with Crippen molar-refractivity contribution in [3.8, 4) is 17.1 Å². The molecule has 0 aliphatic carbocycles. The lowest BCUT2D eigenvalue weighted by atomic mass is 10.0. The number of halogens is 3. The molecule has 31 heteroatoms. The molecule has 0 spiro atoms. The molecule has 77 heavy (non-hydrogen) atoms. The van der Waals surface area contributed by atoms with E-state index in [-0.39, 0.29) is 39.5 Å². The first-order chi connectivity index (χ1) is 36.3. The normalized spacial score (nSPS) is 12.1. The average Bonchev–Trinajstić information content (AvgIpc) is 3.39. The van der Waals surface area contributed by atoms with Gasteiger partial charge in [0.05, 0.1) is 42.7 Å². The fourth-order valence-corrected chi connectivity index (χ4v) is 10.4. The lowest BCUT2D eigenvalue weighted by Gasteiger charge is -2.17. The third-order valence-corrected chi connectivity index (χ3v) is 14.4. The van der Waals surface area contributed by atoms with E-state index in [1.54, 1.807) is 30.3 Å². The summed E-state index contributed by atoms with van der Waals surface area (Å²) < 4.78 is 109. The molecule has 0 unspecified atom stereocenters. The fraction of sp³-hybridized carbons (Fsp3) is 0.0217. The van der Waals surface area contributed by atoms with Crippen LogP contribution in [0.4, 0.5) is 46.0 Å². The minimum atomic E-state index is -5.56. The van der Waals surface area contributed by atoms with E-state index in [4.69, 9.17) is 34.8 Å². The van der Waals surface area contributed by atoms with Crippen molar-refractivity contribution in [1.29, 1.82) is 0 Å². The van der Waals surface area contributed by atoms with E-state index in [1.807, 2.05) is 0 Å². The lowest BCUT2D eigenvalue weighted by molar-refractivity contribution is -0.386. The van der Waals surface area contributed by atoms with Crippen molar-refractivity contribution < 1.29 is 48.8 Å². The molecule has 0 aliphatic rings. The summed E-state index contributed by atoms with van der Waals surface area (Å²) >= 11 is 18.4. The summed E-state index contributed by atoms with van der Waals surface area (Å²) in [6, 6.07) is 27.4. The van der Waals surface area contributed by atoms with Crippen molar-refractivity contribution in [3.05, 3.63) is 184 Å². The number of aromatic nitrogens is 5. The predicted octanol–water partition coefficient (Wildman–Crippen LogP) is 10.4. The van der Waals surface area contributed by atoms with Gasteiger partial charge >= 0.3 is 0 Å². The number of fused-ring (bicyclic) bond motifs is 2. The second-order valence-corrected chi connectivity index (χ2v) is 21.6. The molecule has 0 bridgehead atoms. The maximum atomic E-state index is 14.1. The van der Waals surface area contributed by atoms with Gasteiger partial charge in [0.15, 0.2) is 0 Å². The molecule has 2 aromatic heterocycles. The highest BCUT2D eigenvalue weighted by Gasteiger charge is 2.30. The number of azo groups is 1. The fourth-order valence-electron chi connectivity index (χ4n) is 7.89. The number of hydrogen-bond donors (Lipinski definition) is 5. The van der Waals surface area contributed by atoms with Crippen molar-refractivity contribution >= 4 is 133 Å². The predicted molar refractivity (Wildman–Crippen MR) is 281 cm³/mol. The van der Waals surface area contributed by atoms with Crippen LogP contribution in [0.3, 0.4) is 0 Å². The zero-order valence-corrected chi connectivity index (χ0v) is 42.8. The van der Waals surface area contributed by atoms with Crippen molar-refractivity contribution in [3.63, 3.8) is 0 Å². The second kappa shape index (κ2) is 20.6. The van der Waals surface area contributed by atoms with Crippen molar-refractivity contribution in [2.24, 2.45) is 10.2 Å². The molecule has 0 saturated heterocycles. The van der Waals surface area contributed by atoms with Crippen LogP contribution in [0.2, 0.25) is 15.3 Å². The smallest absolute Gasteiger partial charge is 0.296 e. The van der Waals surface area contributed by atoms with Gasteiger partial charge in [-0.05, 0) is 102 Å². The zero-order chi connectivity index (χ0) is 55.3. The maximum absolute atomic E-state index is 14.1. The topological polar surface area (TPSA) is 372 Å². The number of anilines is 4. The molecular formula is C46H28Cl3N11O14S3. The van der Waals surface area contributed by atoms with E-state index < -0.39 is 117 Å². The number of rotatable bonds is 15. The van der Waals surface area contributed by atoms with Crippen LogP contribution in [0, 0.1) is 20.2 Å². The first-order valence-electron chi connectivity index (χ1n) is 21.4. The highest BCUT2D eigenvalue weighted by molar-refractivity contribution is 7.87. The number of hydrogen-bond acceptors (Lipinski definition) is 19. The molecule has 9 rings (SSSR count). The number of nitro benzene ring substituents is 2. The van der Waals surface area contributed by atoms with Crippen LogP contribution in [0.25, 0.3) is 38.8 Å². The van der Waals surface area contributed by atoms with Crippen LogP contribution in [-0.2, 0) is 36.8 Å². The van der Waals surface area contributed by atoms with E-state index in [0.717, 1.165) is 24.3 Å². The Kier molecular flexibility index (Phi) is 14.3. The molecule has 0 amide bonds. The zero-order valence-electron chi connectivity index (χ0n) is 38.0. The quantitative estimate of drug-likeness (QED) is 0.0275. The van der Waals surface area contributed by atoms with E-state index in [9.17, 15) is 63.9 Å². The molecule has 0 saturated carbocycles. The Morgan fingerprint density at radius 2 is 1.25 bits per heavy atom. The third-order valence-electron chi connectivity index (χ3n) is 11.2. The van der Waals surface area contributed by atoms with Gasteiger partial charge in [-0.25, -0.2) is 4.98 Å². The molecule has 25 nitrogen and oxygen atoms in total. The van der Waals surface area contributed by atoms with Crippen molar-refractivity contribution in [1.82, 2.24) is 24.5 Å².